The number of benzene rings is 1. The number of nitrogens with two attached hydrogens (primary N) is 1. The van der Waals surface area contributed by atoms with Gasteiger partial charge in [0.2, 0.25) is 0 Å². The summed E-state index contributed by atoms with van der Waals surface area (Å²) in [6, 6.07) is 11.6. The van der Waals surface area contributed by atoms with Crippen LogP contribution in [0.5, 0.6) is 0 Å². The van der Waals surface area contributed by atoms with Crippen LogP contribution in [0.3, 0.4) is 0 Å². The average Bonchev–Trinajstić information content (AvgIpc) is 3.23. The molecule has 7 heteroatoms. The Bertz CT molecular complexity index is 988. The summed E-state index contributed by atoms with van der Waals surface area (Å²) in [6.45, 7) is 0. The molecular formula is C18H15ClN6. The number of nitrogen functional groups attached to an aromatic ring is 1. The number of hydrogen-bond acceptors (Lipinski definition) is 4. The van der Waals surface area contributed by atoms with Gasteiger partial charge in [-0.05, 0) is 29.8 Å². The number of imidazole rings is 1. The first-order valence-corrected chi connectivity index (χ1v) is 8.11. The monoisotopic (exact) mass is 350 g/mol. The van der Waals surface area contributed by atoms with Crippen molar-refractivity contribution in [1.82, 2.24) is 25.1 Å². The Morgan fingerprint density at radius 3 is 2.44 bits per heavy atom. The fourth-order valence-electron chi connectivity index (χ4n) is 2.81. The van der Waals surface area contributed by atoms with Gasteiger partial charge in [0.05, 0.1) is 6.20 Å². The van der Waals surface area contributed by atoms with Gasteiger partial charge in [0.25, 0.3) is 0 Å². The van der Waals surface area contributed by atoms with E-state index < -0.39 is 0 Å². The van der Waals surface area contributed by atoms with Crippen molar-refractivity contribution in [1.29, 1.82) is 0 Å². The fraction of sp³-hybridized carbons (Fsp3) is 0.0556. The third kappa shape index (κ3) is 3.12. The molecule has 4 aromatic rings. The second kappa shape index (κ2) is 6.41. The molecule has 0 unspecified atom stereocenters. The molecule has 4 rings (SSSR count). The van der Waals surface area contributed by atoms with Crippen LogP contribution < -0.4 is 5.73 Å². The number of pyridine rings is 1. The van der Waals surface area contributed by atoms with Crippen molar-refractivity contribution in [3.8, 4) is 22.4 Å². The number of rotatable bonds is 4. The standard InChI is InChI=1S/C18H15ClN6/c19-13-3-1-12(2-4-13)17-16(11-5-7-21-8-6-11)15(24-25-17)9-14-10-22-18(20)23-14/h1-8,10H,9H2,(H,24,25)(H3,20,22,23). The highest BCUT2D eigenvalue weighted by Crippen LogP contribution is 2.34. The first-order valence-electron chi connectivity index (χ1n) is 7.73. The van der Waals surface area contributed by atoms with Crippen LogP contribution >= 0.6 is 11.6 Å². The van der Waals surface area contributed by atoms with Crippen LogP contribution in [0.1, 0.15) is 11.4 Å². The van der Waals surface area contributed by atoms with Crippen molar-refractivity contribution in [3.63, 3.8) is 0 Å². The lowest BCUT2D eigenvalue weighted by molar-refractivity contribution is 0.980. The van der Waals surface area contributed by atoms with Crippen molar-refractivity contribution in [2.24, 2.45) is 0 Å². The SMILES string of the molecule is Nc1ncc(Cc2[nH]nc(-c3ccc(Cl)cc3)c2-c2ccncc2)[nH]1. The maximum Gasteiger partial charge on any atom is 0.197 e. The van der Waals surface area contributed by atoms with E-state index in [1.54, 1.807) is 18.6 Å². The van der Waals surface area contributed by atoms with Gasteiger partial charge in [-0.15, -0.1) is 0 Å². The summed E-state index contributed by atoms with van der Waals surface area (Å²) in [5.41, 5.74) is 11.5. The second-order valence-corrected chi connectivity index (χ2v) is 6.08. The normalized spacial score (nSPS) is 10.9. The quantitative estimate of drug-likeness (QED) is 0.523. The van der Waals surface area contributed by atoms with E-state index in [9.17, 15) is 0 Å². The zero-order valence-corrected chi connectivity index (χ0v) is 14.0. The predicted octanol–water partition coefficient (Wildman–Crippen LogP) is 3.69. The summed E-state index contributed by atoms with van der Waals surface area (Å²) < 4.78 is 0. The zero-order chi connectivity index (χ0) is 17.2. The number of nitrogens with zero attached hydrogens (tertiary/aromatic N) is 3. The van der Waals surface area contributed by atoms with Crippen LogP contribution in [0.25, 0.3) is 22.4 Å². The van der Waals surface area contributed by atoms with Crippen molar-refractivity contribution in [2.45, 2.75) is 6.42 Å². The summed E-state index contributed by atoms with van der Waals surface area (Å²) in [5.74, 6) is 0.401. The minimum absolute atomic E-state index is 0.401. The molecule has 0 aliphatic rings. The van der Waals surface area contributed by atoms with E-state index in [0.29, 0.717) is 17.4 Å². The summed E-state index contributed by atoms with van der Waals surface area (Å²) in [4.78, 5) is 11.2. The van der Waals surface area contributed by atoms with Crippen LogP contribution in [0.15, 0.2) is 55.0 Å². The lowest BCUT2D eigenvalue weighted by atomic mass is 9.98. The summed E-state index contributed by atoms with van der Waals surface area (Å²) >= 11 is 6.01. The Hall–Kier alpha value is -3.12. The molecular weight excluding hydrogens is 336 g/mol. The van der Waals surface area contributed by atoms with Crippen LogP contribution in [-0.2, 0) is 6.42 Å². The number of aromatic amines is 2. The van der Waals surface area contributed by atoms with Crippen LogP contribution in [0.2, 0.25) is 5.02 Å². The van der Waals surface area contributed by atoms with E-state index in [0.717, 1.165) is 33.8 Å². The van der Waals surface area contributed by atoms with E-state index in [1.165, 1.54) is 0 Å². The Kier molecular flexibility index (Phi) is 3.95. The first kappa shape index (κ1) is 15.4. The molecule has 0 saturated carbocycles. The van der Waals surface area contributed by atoms with Crippen molar-refractivity contribution in [3.05, 3.63) is 71.4 Å². The molecule has 0 bridgehead atoms. The van der Waals surface area contributed by atoms with Gasteiger partial charge in [-0.1, -0.05) is 23.7 Å². The largest absolute Gasteiger partial charge is 0.369 e. The molecule has 0 spiro atoms. The molecule has 0 atom stereocenters. The van der Waals surface area contributed by atoms with Gasteiger partial charge in [0.1, 0.15) is 5.69 Å². The highest BCUT2D eigenvalue weighted by atomic mass is 35.5. The number of H-pyrrole nitrogens is 2. The van der Waals surface area contributed by atoms with Gasteiger partial charge in [-0.25, -0.2) is 4.98 Å². The molecule has 0 aliphatic carbocycles. The topological polar surface area (TPSA) is 96.3 Å². The lowest BCUT2D eigenvalue weighted by Crippen LogP contribution is -1.93. The maximum absolute atomic E-state index is 6.01. The number of anilines is 1. The third-order valence-corrected chi connectivity index (χ3v) is 4.20. The fourth-order valence-corrected chi connectivity index (χ4v) is 2.93. The first-order chi connectivity index (χ1) is 12.2. The van der Waals surface area contributed by atoms with Crippen LogP contribution in [-0.4, -0.2) is 25.1 Å². The van der Waals surface area contributed by atoms with Gasteiger partial charge in [-0.2, -0.15) is 5.10 Å². The summed E-state index contributed by atoms with van der Waals surface area (Å²) in [7, 11) is 0. The molecule has 3 aromatic heterocycles. The molecule has 0 radical (unpaired) electrons. The minimum atomic E-state index is 0.401. The van der Waals surface area contributed by atoms with Gasteiger partial charge >= 0.3 is 0 Å². The number of aromatic nitrogens is 5. The summed E-state index contributed by atoms with van der Waals surface area (Å²) in [6.07, 6.45) is 5.88. The van der Waals surface area contributed by atoms with Gasteiger partial charge in [0, 0.05) is 46.4 Å². The second-order valence-electron chi connectivity index (χ2n) is 5.64. The lowest BCUT2D eigenvalue weighted by Gasteiger charge is -2.06. The van der Waals surface area contributed by atoms with E-state index in [-0.39, 0.29) is 0 Å². The molecule has 6 nitrogen and oxygen atoms in total. The Morgan fingerprint density at radius 2 is 1.76 bits per heavy atom. The third-order valence-electron chi connectivity index (χ3n) is 3.94. The van der Waals surface area contributed by atoms with Crippen LogP contribution in [0, 0.1) is 0 Å². The van der Waals surface area contributed by atoms with Crippen molar-refractivity contribution in [2.75, 3.05) is 5.73 Å². The molecule has 0 amide bonds. The summed E-state index contributed by atoms with van der Waals surface area (Å²) in [5, 5.41) is 8.39. The number of halogens is 1. The Labute approximate surface area is 149 Å². The number of hydrogen-bond donors (Lipinski definition) is 3. The van der Waals surface area contributed by atoms with Gasteiger partial charge < -0.3 is 10.7 Å². The molecule has 0 saturated heterocycles. The molecule has 0 fully saturated rings. The van der Waals surface area contributed by atoms with Crippen molar-refractivity contribution >= 4 is 17.5 Å². The highest BCUT2D eigenvalue weighted by Gasteiger charge is 2.17. The Morgan fingerprint density at radius 1 is 1.00 bits per heavy atom. The molecule has 25 heavy (non-hydrogen) atoms. The smallest absolute Gasteiger partial charge is 0.197 e. The highest BCUT2D eigenvalue weighted by molar-refractivity contribution is 6.30. The molecule has 0 aliphatic heterocycles. The minimum Gasteiger partial charge on any atom is -0.369 e. The van der Waals surface area contributed by atoms with E-state index in [1.807, 2.05) is 36.4 Å². The van der Waals surface area contributed by atoms with E-state index >= 15 is 0 Å². The predicted molar refractivity (Wildman–Crippen MR) is 98.1 cm³/mol. The zero-order valence-electron chi connectivity index (χ0n) is 13.2. The molecule has 124 valence electrons. The van der Waals surface area contributed by atoms with E-state index in [2.05, 4.69) is 25.1 Å². The van der Waals surface area contributed by atoms with Crippen LogP contribution in [0.4, 0.5) is 5.95 Å². The average molecular weight is 351 g/mol. The molecule has 4 N–H and O–H groups in total. The number of nitrogens with one attached hydrogen (secondary N) is 2. The molecule has 1 aromatic carbocycles. The van der Waals surface area contributed by atoms with E-state index in [4.69, 9.17) is 17.3 Å². The van der Waals surface area contributed by atoms with Gasteiger partial charge in [-0.3, -0.25) is 10.1 Å². The van der Waals surface area contributed by atoms with Gasteiger partial charge in [0.15, 0.2) is 5.95 Å². The molecule has 3 heterocycles. The maximum atomic E-state index is 6.01. The van der Waals surface area contributed by atoms with Crippen molar-refractivity contribution < 1.29 is 0 Å². The Balaban J connectivity index is 1.83.